The van der Waals surface area contributed by atoms with E-state index in [1.165, 1.54) is 18.2 Å². The molecular formula is C14H19N3O4S. The molecule has 1 aliphatic rings. The highest BCUT2D eigenvalue weighted by atomic mass is 32.2. The van der Waals surface area contributed by atoms with Crippen molar-refractivity contribution >= 4 is 27.5 Å². The first kappa shape index (κ1) is 16.4. The summed E-state index contributed by atoms with van der Waals surface area (Å²) in [4.78, 5) is 23.3. The molecule has 1 aliphatic carbocycles. The third-order valence-corrected chi connectivity index (χ3v) is 4.45. The summed E-state index contributed by atoms with van der Waals surface area (Å²) in [5.74, 6) is 0.177. The Bertz CT molecular complexity index is 687. The fourth-order valence-electron chi connectivity index (χ4n) is 2.09. The van der Waals surface area contributed by atoms with Crippen LogP contribution in [0.3, 0.4) is 0 Å². The summed E-state index contributed by atoms with van der Waals surface area (Å²) in [6.45, 7) is 2.26. The van der Waals surface area contributed by atoms with Gasteiger partial charge >= 0.3 is 0 Å². The minimum atomic E-state index is -3.81. The number of rotatable bonds is 6. The fourth-order valence-corrected chi connectivity index (χ4v) is 2.65. The molecule has 2 unspecified atom stereocenters. The van der Waals surface area contributed by atoms with Crippen LogP contribution in [0.15, 0.2) is 29.2 Å². The molecule has 120 valence electrons. The van der Waals surface area contributed by atoms with E-state index in [2.05, 4.69) is 10.6 Å². The van der Waals surface area contributed by atoms with Gasteiger partial charge in [0.1, 0.15) is 0 Å². The van der Waals surface area contributed by atoms with E-state index in [1.54, 1.807) is 6.07 Å². The molecule has 2 atom stereocenters. The van der Waals surface area contributed by atoms with Crippen LogP contribution in [-0.2, 0) is 19.6 Å². The van der Waals surface area contributed by atoms with Crippen LogP contribution >= 0.6 is 0 Å². The van der Waals surface area contributed by atoms with Crippen LogP contribution in [0.25, 0.3) is 0 Å². The zero-order valence-electron chi connectivity index (χ0n) is 12.2. The quantitative estimate of drug-likeness (QED) is 0.703. The number of sulfonamides is 1. The van der Waals surface area contributed by atoms with E-state index >= 15 is 0 Å². The van der Waals surface area contributed by atoms with Gasteiger partial charge in [0.05, 0.1) is 4.90 Å². The summed E-state index contributed by atoms with van der Waals surface area (Å²) in [7, 11) is -3.81. The number of hydrogen-bond donors (Lipinski definition) is 3. The molecular weight excluding hydrogens is 306 g/mol. The van der Waals surface area contributed by atoms with E-state index in [0.717, 1.165) is 6.42 Å². The van der Waals surface area contributed by atoms with Gasteiger partial charge in [-0.2, -0.15) is 0 Å². The average molecular weight is 325 g/mol. The Hall–Kier alpha value is -1.93. The van der Waals surface area contributed by atoms with E-state index in [4.69, 9.17) is 5.14 Å². The molecule has 0 heterocycles. The lowest BCUT2D eigenvalue weighted by Crippen LogP contribution is -2.29. The number of nitrogens with two attached hydrogens (primary N) is 1. The molecule has 7 nitrogen and oxygen atoms in total. The van der Waals surface area contributed by atoms with E-state index in [9.17, 15) is 18.0 Å². The molecule has 0 bridgehead atoms. The normalized spacial score (nSPS) is 20.3. The second kappa shape index (κ2) is 6.45. The molecule has 0 aliphatic heterocycles. The molecule has 2 rings (SSSR count). The van der Waals surface area contributed by atoms with Crippen molar-refractivity contribution in [1.82, 2.24) is 5.32 Å². The van der Waals surface area contributed by atoms with Crippen LogP contribution in [0.2, 0.25) is 0 Å². The number of anilines is 1. The summed E-state index contributed by atoms with van der Waals surface area (Å²) >= 11 is 0. The van der Waals surface area contributed by atoms with Crippen molar-refractivity contribution in [3.05, 3.63) is 24.3 Å². The Morgan fingerprint density at radius 2 is 2.05 bits per heavy atom. The first-order chi connectivity index (χ1) is 10.3. The largest absolute Gasteiger partial charge is 0.355 e. The summed E-state index contributed by atoms with van der Waals surface area (Å²) in [6, 6.07) is 5.70. The predicted octanol–water partition coefficient (Wildman–Crippen LogP) is 0.435. The molecule has 1 aromatic carbocycles. The van der Waals surface area contributed by atoms with Crippen LogP contribution < -0.4 is 15.8 Å². The SMILES string of the molecule is CC1CC1C(=O)NCCC(=O)Nc1cccc(S(N)(=O)=O)c1. The van der Waals surface area contributed by atoms with Crippen molar-refractivity contribution in [1.29, 1.82) is 0 Å². The van der Waals surface area contributed by atoms with Crippen molar-refractivity contribution in [2.75, 3.05) is 11.9 Å². The Kier molecular flexibility index (Phi) is 4.82. The third-order valence-electron chi connectivity index (χ3n) is 3.54. The number of primary sulfonamides is 1. The smallest absolute Gasteiger partial charge is 0.238 e. The Labute approximate surface area is 129 Å². The lowest BCUT2D eigenvalue weighted by molar-refractivity contribution is -0.122. The van der Waals surface area contributed by atoms with Gasteiger partial charge in [0.15, 0.2) is 0 Å². The average Bonchev–Trinajstić information content (AvgIpc) is 3.15. The maximum absolute atomic E-state index is 11.8. The lowest BCUT2D eigenvalue weighted by Gasteiger charge is -2.07. The van der Waals surface area contributed by atoms with Crippen molar-refractivity contribution in [3.8, 4) is 0 Å². The zero-order chi connectivity index (χ0) is 16.3. The van der Waals surface area contributed by atoms with Gasteiger partial charge in [0.25, 0.3) is 0 Å². The molecule has 4 N–H and O–H groups in total. The Balaban J connectivity index is 1.81. The lowest BCUT2D eigenvalue weighted by atomic mass is 10.3. The van der Waals surface area contributed by atoms with Gasteiger partial charge in [-0.25, -0.2) is 13.6 Å². The molecule has 0 aromatic heterocycles. The fraction of sp³-hybridized carbons (Fsp3) is 0.429. The van der Waals surface area contributed by atoms with E-state index in [0.29, 0.717) is 11.6 Å². The second-order valence-electron chi connectivity index (χ2n) is 5.48. The highest BCUT2D eigenvalue weighted by Gasteiger charge is 2.38. The highest BCUT2D eigenvalue weighted by molar-refractivity contribution is 7.89. The van der Waals surface area contributed by atoms with Crippen LogP contribution in [0.5, 0.6) is 0 Å². The summed E-state index contributed by atoms with van der Waals surface area (Å²) in [5, 5.41) is 10.3. The minimum absolute atomic E-state index is 0.0171. The Morgan fingerprint density at radius 1 is 1.36 bits per heavy atom. The molecule has 22 heavy (non-hydrogen) atoms. The first-order valence-corrected chi connectivity index (χ1v) is 8.52. The molecule has 0 radical (unpaired) electrons. The van der Waals surface area contributed by atoms with Crippen molar-refractivity contribution in [2.24, 2.45) is 17.0 Å². The summed E-state index contributed by atoms with van der Waals surface area (Å²) in [6.07, 6.45) is 1.02. The van der Waals surface area contributed by atoms with Gasteiger partial charge < -0.3 is 10.6 Å². The Morgan fingerprint density at radius 3 is 2.64 bits per heavy atom. The molecule has 2 amide bonds. The number of benzene rings is 1. The molecule has 0 saturated heterocycles. The van der Waals surface area contributed by atoms with Crippen LogP contribution in [0, 0.1) is 11.8 Å². The van der Waals surface area contributed by atoms with E-state index in [1.807, 2.05) is 6.92 Å². The van der Waals surface area contributed by atoms with E-state index < -0.39 is 10.0 Å². The monoisotopic (exact) mass is 325 g/mol. The highest BCUT2D eigenvalue weighted by Crippen LogP contribution is 2.37. The van der Waals surface area contributed by atoms with E-state index in [-0.39, 0.29) is 35.6 Å². The maximum atomic E-state index is 11.8. The third kappa shape index (κ3) is 4.54. The van der Waals surface area contributed by atoms with Gasteiger partial charge in [-0.05, 0) is 30.5 Å². The molecule has 0 spiro atoms. The van der Waals surface area contributed by atoms with Gasteiger partial charge in [-0.15, -0.1) is 0 Å². The van der Waals surface area contributed by atoms with Gasteiger partial charge in [-0.3, -0.25) is 9.59 Å². The molecule has 1 fully saturated rings. The molecule has 8 heteroatoms. The number of nitrogens with one attached hydrogen (secondary N) is 2. The van der Waals surface area contributed by atoms with Crippen LogP contribution in [0.1, 0.15) is 19.8 Å². The standard InChI is InChI=1S/C14H19N3O4S/c1-9-7-12(9)14(19)16-6-5-13(18)17-10-3-2-4-11(8-10)22(15,20)21/h2-4,8-9,12H,5-7H2,1H3,(H,16,19)(H,17,18)(H2,15,20,21). The number of hydrogen-bond acceptors (Lipinski definition) is 4. The van der Waals surface area contributed by atoms with Gasteiger partial charge in [-0.1, -0.05) is 13.0 Å². The van der Waals surface area contributed by atoms with Crippen molar-refractivity contribution in [2.45, 2.75) is 24.7 Å². The number of amides is 2. The first-order valence-electron chi connectivity index (χ1n) is 6.98. The number of carbonyl (C=O) groups excluding carboxylic acids is 2. The number of carbonyl (C=O) groups is 2. The second-order valence-corrected chi connectivity index (χ2v) is 7.04. The zero-order valence-corrected chi connectivity index (χ0v) is 13.0. The predicted molar refractivity (Wildman–Crippen MR) is 81.3 cm³/mol. The van der Waals surface area contributed by atoms with Crippen molar-refractivity contribution in [3.63, 3.8) is 0 Å². The molecule has 1 saturated carbocycles. The summed E-state index contributed by atoms with van der Waals surface area (Å²) in [5.41, 5.74) is 0.346. The van der Waals surface area contributed by atoms with Gasteiger partial charge in [0, 0.05) is 24.6 Å². The maximum Gasteiger partial charge on any atom is 0.238 e. The molecule has 1 aromatic rings. The van der Waals surface area contributed by atoms with Crippen LogP contribution in [0.4, 0.5) is 5.69 Å². The van der Waals surface area contributed by atoms with Crippen molar-refractivity contribution < 1.29 is 18.0 Å². The van der Waals surface area contributed by atoms with Crippen LogP contribution in [-0.4, -0.2) is 26.8 Å². The topological polar surface area (TPSA) is 118 Å². The summed E-state index contributed by atoms with van der Waals surface area (Å²) < 4.78 is 22.5. The minimum Gasteiger partial charge on any atom is -0.355 e. The van der Waals surface area contributed by atoms with Gasteiger partial charge in [0.2, 0.25) is 21.8 Å².